The molecular formula is C31H43Cl3N2. The molecule has 6 rings (SSSR count). The summed E-state index contributed by atoms with van der Waals surface area (Å²) in [6, 6.07) is 17.8. The Hall–Kier alpha value is -0.770. The highest BCUT2D eigenvalue weighted by Gasteiger charge is 2.41. The van der Waals surface area contributed by atoms with Gasteiger partial charge in [-0.1, -0.05) is 66.7 Å². The van der Waals surface area contributed by atoms with Crippen molar-refractivity contribution in [1.29, 1.82) is 0 Å². The molecule has 1 N–H and O–H groups in total. The fraction of sp³-hybridized carbons (Fsp3) is 0.613. The monoisotopic (exact) mass is 548 g/mol. The topological polar surface area (TPSA) is 15.3 Å². The van der Waals surface area contributed by atoms with Gasteiger partial charge in [-0.25, -0.2) is 0 Å². The molecule has 0 bridgehead atoms. The number of hydrogen-bond donors (Lipinski definition) is 1. The number of hydrogen-bond acceptors (Lipinski definition) is 2. The van der Waals surface area contributed by atoms with E-state index in [1.165, 1.54) is 101 Å². The Labute approximate surface area is 234 Å². The first-order valence-corrected chi connectivity index (χ1v) is 14.7. The van der Waals surface area contributed by atoms with Crippen molar-refractivity contribution in [1.82, 2.24) is 10.2 Å². The second-order valence-electron chi connectivity index (χ2n) is 11.8. The van der Waals surface area contributed by atoms with Gasteiger partial charge in [0, 0.05) is 33.6 Å². The summed E-state index contributed by atoms with van der Waals surface area (Å²) in [5.74, 6) is 0.949. The van der Waals surface area contributed by atoms with E-state index in [0.717, 1.165) is 22.0 Å². The lowest BCUT2D eigenvalue weighted by Gasteiger charge is -2.46. The van der Waals surface area contributed by atoms with E-state index in [2.05, 4.69) is 41.5 Å². The van der Waals surface area contributed by atoms with Crippen molar-refractivity contribution < 1.29 is 0 Å². The molecule has 0 aromatic heterocycles. The first kappa shape index (κ1) is 28.2. The van der Waals surface area contributed by atoms with Crippen LogP contribution in [0.1, 0.15) is 88.2 Å². The van der Waals surface area contributed by atoms with Crippen LogP contribution in [0.5, 0.6) is 0 Å². The zero-order valence-corrected chi connectivity index (χ0v) is 24.1. The summed E-state index contributed by atoms with van der Waals surface area (Å²) >= 11 is 12.0. The molecule has 36 heavy (non-hydrogen) atoms. The molecule has 0 amide bonds. The second kappa shape index (κ2) is 12.4. The Morgan fingerprint density at radius 2 is 1.28 bits per heavy atom. The molecule has 0 heterocycles. The van der Waals surface area contributed by atoms with Crippen LogP contribution in [0.4, 0.5) is 0 Å². The van der Waals surface area contributed by atoms with Gasteiger partial charge < -0.3 is 10.2 Å². The minimum atomic E-state index is 0. The minimum absolute atomic E-state index is 0. The number of benzene rings is 2. The third-order valence-corrected chi connectivity index (χ3v) is 9.80. The summed E-state index contributed by atoms with van der Waals surface area (Å²) in [4.78, 5) is 2.63. The van der Waals surface area contributed by atoms with E-state index >= 15 is 0 Å². The quantitative estimate of drug-likeness (QED) is 0.354. The van der Waals surface area contributed by atoms with Crippen LogP contribution in [-0.4, -0.2) is 31.1 Å². The van der Waals surface area contributed by atoms with Gasteiger partial charge >= 0.3 is 0 Å². The predicted octanol–water partition coefficient (Wildman–Crippen LogP) is 8.78. The van der Waals surface area contributed by atoms with Crippen LogP contribution < -0.4 is 5.32 Å². The van der Waals surface area contributed by atoms with E-state index in [1.54, 1.807) is 0 Å². The van der Waals surface area contributed by atoms with E-state index in [1.807, 2.05) is 24.3 Å². The number of halogens is 3. The van der Waals surface area contributed by atoms with Crippen molar-refractivity contribution in [3.63, 3.8) is 0 Å². The molecular weight excluding hydrogens is 507 g/mol. The van der Waals surface area contributed by atoms with E-state index in [9.17, 15) is 0 Å². The first-order chi connectivity index (χ1) is 17.0. The molecule has 2 aromatic carbocycles. The third kappa shape index (κ3) is 6.62. The standard InChI is InChI=1S/C17H24ClN.C14H18ClN.ClH/c1-19(16-5-2-3-6-16)13-17(11-4-12-17)14-7-9-15(18)10-8-14;15-13-6-4-12(5-7-13)14(8-1-9-14)16-10-11-2-3-11;/h7-10,16H,2-6,11-13H2,1H3;4-7,11,16H,1-3,8-10H2;1H. The van der Waals surface area contributed by atoms with Gasteiger partial charge in [0.1, 0.15) is 0 Å². The van der Waals surface area contributed by atoms with Crippen molar-refractivity contribution in [2.45, 2.75) is 94.0 Å². The fourth-order valence-corrected chi connectivity index (χ4v) is 6.68. The zero-order chi connectivity index (χ0) is 24.3. The molecule has 0 saturated heterocycles. The van der Waals surface area contributed by atoms with Crippen molar-refractivity contribution in [2.24, 2.45) is 5.92 Å². The van der Waals surface area contributed by atoms with Crippen LogP contribution in [0, 0.1) is 5.92 Å². The number of likely N-dealkylation sites (N-methyl/N-ethyl adjacent to an activating group) is 1. The molecule has 198 valence electrons. The molecule has 0 unspecified atom stereocenters. The average Bonchev–Trinajstić information content (AvgIpc) is 3.47. The van der Waals surface area contributed by atoms with Crippen molar-refractivity contribution in [3.05, 3.63) is 69.7 Å². The molecule has 5 heteroatoms. The summed E-state index contributed by atoms with van der Waals surface area (Å²) in [6.45, 7) is 2.42. The van der Waals surface area contributed by atoms with E-state index < -0.39 is 0 Å². The second-order valence-corrected chi connectivity index (χ2v) is 12.6. The van der Waals surface area contributed by atoms with Gasteiger partial charge in [-0.3, -0.25) is 0 Å². The Kier molecular flexibility index (Phi) is 9.72. The summed E-state index contributed by atoms with van der Waals surface area (Å²) in [7, 11) is 2.33. The van der Waals surface area contributed by atoms with Gasteiger partial charge in [-0.15, -0.1) is 12.4 Å². The molecule has 4 saturated carbocycles. The summed E-state index contributed by atoms with van der Waals surface area (Å²) in [6.07, 6.45) is 16.4. The van der Waals surface area contributed by atoms with Gasteiger partial charge in [0.25, 0.3) is 0 Å². The first-order valence-electron chi connectivity index (χ1n) is 14.0. The zero-order valence-electron chi connectivity index (χ0n) is 21.8. The lowest BCUT2D eigenvalue weighted by molar-refractivity contribution is 0.128. The maximum atomic E-state index is 6.02. The Morgan fingerprint density at radius 3 is 1.72 bits per heavy atom. The van der Waals surface area contributed by atoms with Crippen LogP contribution in [0.25, 0.3) is 0 Å². The van der Waals surface area contributed by atoms with E-state index in [0.29, 0.717) is 5.41 Å². The van der Waals surface area contributed by atoms with Crippen molar-refractivity contribution in [2.75, 3.05) is 20.1 Å². The van der Waals surface area contributed by atoms with Crippen LogP contribution in [0.15, 0.2) is 48.5 Å². The normalized spacial score (nSPS) is 22.1. The maximum Gasteiger partial charge on any atom is 0.0434 e. The highest BCUT2D eigenvalue weighted by molar-refractivity contribution is 6.30. The van der Waals surface area contributed by atoms with Gasteiger partial charge in [0.05, 0.1) is 0 Å². The highest BCUT2D eigenvalue weighted by Crippen LogP contribution is 2.45. The molecule has 2 nitrogen and oxygen atoms in total. The number of rotatable bonds is 8. The Balaban J connectivity index is 0.000000167. The summed E-state index contributed by atoms with van der Waals surface area (Å²) in [5, 5.41) is 5.47. The predicted molar refractivity (Wildman–Crippen MR) is 157 cm³/mol. The molecule has 0 aliphatic heterocycles. The van der Waals surface area contributed by atoms with Crippen LogP contribution in [-0.2, 0) is 11.0 Å². The van der Waals surface area contributed by atoms with E-state index in [-0.39, 0.29) is 17.9 Å². The molecule has 4 aliphatic rings. The Bertz CT molecular complexity index is 941. The average molecular weight is 550 g/mol. The third-order valence-electron chi connectivity index (χ3n) is 9.30. The van der Waals surface area contributed by atoms with Gasteiger partial charge in [0.15, 0.2) is 0 Å². The molecule has 4 fully saturated rings. The minimum Gasteiger partial charge on any atom is -0.307 e. The lowest BCUT2D eigenvalue weighted by Crippen LogP contribution is -2.48. The molecule has 0 atom stereocenters. The van der Waals surface area contributed by atoms with Gasteiger partial charge in [-0.05, 0) is 113 Å². The molecule has 0 radical (unpaired) electrons. The molecule has 4 aliphatic carbocycles. The van der Waals surface area contributed by atoms with Crippen molar-refractivity contribution in [3.8, 4) is 0 Å². The number of nitrogens with zero attached hydrogens (tertiary/aromatic N) is 1. The lowest BCUT2D eigenvalue weighted by atomic mass is 9.64. The molecule has 2 aromatic rings. The maximum absolute atomic E-state index is 6.02. The highest BCUT2D eigenvalue weighted by atomic mass is 35.5. The van der Waals surface area contributed by atoms with E-state index in [4.69, 9.17) is 23.2 Å². The van der Waals surface area contributed by atoms with Crippen LogP contribution in [0.3, 0.4) is 0 Å². The largest absolute Gasteiger partial charge is 0.307 e. The fourth-order valence-electron chi connectivity index (χ4n) is 6.43. The van der Waals surface area contributed by atoms with Crippen LogP contribution >= 0.6 is 35.6 Å². The SMILES string of the molecule is CN(CC1(c2ccc(Cl)cc2)CCC1)C1CCCC1.Cl.Clc1ccc(C2(NCC3CC3)CCC2)cc1. The van der Waals surface area contributed by atoms with Gasteiger partial charge in [0.2, 0.25) is 0 Å². The number of nitrogens with one attached hydrogen (secondary N) is 1. The molecule has 0 spiro atoms. The smallest absolute Gasteiger partial charge is 0.0434 e. The Morgan fingerprint density at radius 1 is 0.750 bits per heavy atom. The van der Waals surface area contributed by atoms with Gasteiger partial charge in [-0.2, -0.15) is 0 Å². The van der Waals surface area contributed by atoms with Crippen molar-refractivity contribution >= 4 is 35.6 Å². The summed E-state index contributed by atoms with van der Waals surface area (Å²) < 4.78 is 0. The summed E-state index contributed by atoms with van der Waals surface area (Å²) in [5.41, 5.74) is 3.59. The van der Waals surface area contributed by atoms with Crippen LogP contribution in [0.2, 0.25) is 10.0 Å².